The molecule has 0 saturated heterocycles. The van der Waals surface area contributed by atoms with Gasteiger partial charge in [-0.05, 0) is 80.3 Å². The Labute approximate surface area is 218 Å². The van der Waals surface area contributed by atoms with Crippen LogP contribution in [-0.2, 0) is 29.1 Å². The van der Waals surface area contributed by atoms with Gasteiger partial charge in [-0.3, -0.25) is 9.59 Å². The Kier molecular flexibility index (Phi) is 6.83. The van der Waals surface area contributed by atoms with E-state index in [1.165, 1.54) is 12.1 Å². The number of hydrogen-bond acceptors (Lipinski definition) is 4. The molecular weight excluding hydrogens is 499 g/mol. The molecule has 3 heterocycles. The van der Waals surface area contributed by atoms with Gasteiger partial charge in [0.15, 0.2) is 0 Å². The molecule has 2 aromatic heterocycles. The average Bonchev–Trinajstić information content (AvgIpc) is 3.18. The second-order valence-corrected chi connectivity index (χ2v) is 10.7. The van der Waals surface area contributed by atoms with Gasteiger partial charge in [-0.15, -0.1) is 13.2 Å². The summed E-state index contributed by atoms with van der Waals surface area (Å²) in [7, 11) is 0. The molecule has 2 aliphatic rings. The Hall–Kier alpha value is -3.56. The van der Waals surface area contributed by atoms with Crippen LogP contribution in [0.3, 0.4) is 0 Å². The highest BCUT2D eigenvalue weighted by Crippen LogP contribution is 2.40. The minimum atomic E-state index is -4.75. The van der Waals surface area contributed by atoms with Gasteiger partial charge in [0.25, 0.3) is 0 Å². The second kappa shape index (κ2) is 9.96. The van der Waals surface area contributed by atoms with Crippen molar-refractivity contribution in [2.24, 2.45) is 11.3 Å². The molecule has 7 nitrogen and oxygen atoms in total. The molecule has 202 valence electrons. The third-order valence-electron chi connectivity index (χ3n) is 8.05. The molecule has 0 unspecified atom stereocenters. The summed E-state index contributed by atoms with van der Waals surface area (Å²) in [5, 5.41) is 10.5. The number of carboxylic acid groups (broad SMARTS) is 1. The molecule has 5 rings (SSSR count). The van der Waals surface area contributed by atoms with Crippen LogP contribution in [0, 0.1) is 11.3 Å². The van der Waals surface area contributed by atoms with Crippen molar-refractivity contribution >= 4 is 22.9 Å². The summed E-state index contributed by atoms with van der Waals surface area (Å²) in [6.45, 7) is 3.21. The summed E-state index contributed by atoms with van der Waals surface area (Å²) in [6.07, 6.45) is 0.679. The van der Waals surface area contributed by atoms with E-state index in [0.29, 0.717) is 45.3 Å². The van der Waals surface area contributed by atoms with E-state index in [1.807, 2.05) is 21.6 Å². The van der Waals surface area contributed by atoms with Crippen LogP contribution in [0.1, 0.15) is 55.8 Å². The molecule has 1 aliphatic carbocycles. The van der Waals surface area contributed by atoms with Gasteiger partial charge >= 0.3 is 12.3 Å². The van der Waals surface area contributed by atoms with Crippen LogP contribution in [0.15, 0.2) is 42.6 Å². The van der Waals surface area contributed by atoms with E-state index in [4.69, 9.17) is 0 Å². The summed E-state index contributed by atoms with van der Waals surface area (Å²) in [5.41, 5.74) is 2.99. The number of pyridine rings is 1. The van der Waals surface area contributed by atoms with Gasteiger partial charge in [-0.2, -0.15) is 0 Å². The fourth-order valence-corrected chi connectivity index (χ4v) is 5.73. The fraction of sp³-hybridized carbons (Fsp3) is 0.464. The number of amides is 1. The topological polar surface area (TPSA) is 84.7 Å². The fourth-order valence-electron chi connectivity index (χ4n) is 5.73. The third kappa shape index (κ3) is 5.35. The van der Waals surface area contributed by atoms with Crippen LogP contribution in [0.4, 0.5) is 13.2 Å². The quantitative estimate of drug-likeness (QED) is 0.453. The van der Waals surface area contributed by atoms with Crippen molar-refractivity contribution in [2.45, 2.75) is 64.9 Å². The first-order chi connectivity index (χ1) is 18.0. The zero-order valence-corrected chi connectivity index (χ0v) is 21.1. The van der Waals surface area contributed by atoms with Gasteiger partial charge in [0.1, 0.15) is 11.4 Å². The van der Waals surface area contributed by atoms with Crippen LogP contribution in [0.5, 0.6) is 5.75 Å². The van der Waals surface area contributed by atoms with Crippen molar-refractivity contribution in [3.8, 4) is 5.75 Å². The Morgan fingerprint density at radius 2 is 1.87 bits per heavy atom. The number of rotatable bonds is 6. The molecule has 38 heavy (non-hydrogen) atoms. The van der Waals surface area contributed by atoms with Crippen molar-refractivity contribution in [1.82, 2.24) is 14.5 Å². The minimum Gasteiger partial charge on any atom is -0.481 e. The number of aromatic nitrogens is 2. The van der Waals surface area contributed by atoms with Crippen LogP contribution in [-0.4, -0.2) is 44.3 Å². The van der Waals surface area contributed by atoms with Crippen molar-refractivity contribution in [3.05, 3.63) is 59.4 Å². The first-order valence-electron chi connectivity index (χ1n) is 12.8. The van der Waals surface area contributed by atoms with Crippen LogP contribution >= 0.6 is 0 Å². The highest BCUT2D eigenvalue weighted by molar-refractivity contribution is 5.84. The van der Waals surface area contributed by atoms with Gasteiger partial charge in [0.05, 0.1) is 12.0 Å². The smallest absolute Gasteiger partial charge is 0.481 e. The summed E-state index contributed by atoms with van der Waals surface area (Å²) in [5.74, 6) is -0.795. The monoisotopic (exact) mass is 529 g/mol. The maximum atomic E-state index is 13.3. The molecule has 0 bridgehead atoms. The minimum absolute atomic E-state index is 0.0676. The number of fused-ring (bicyclic) bond motifs is 3. The standard InChI is InChI=1S/C28H30F3N3O4/c1-27(26(36)37)11-8-18(9-12-27)15-24(35)33-14-10-21-22-3-2-13-32-25(22)34(23(21)17-33)16-19-4-6-20(7-5-19)38-28(29,30)31/h2-7,13,18H,8-12,14-17H2,1H3,(H,36,37)/t18-,27-. The molecule has 1 fully saturated rings. The SMILES string of the molecule is C[C@]1(C(=O)O)CC[C@H](CC(=O)N2CCc3c(n(Cc4ccc(OC(F)(F)F)cc4)c4ncccc34)C2)CC1. The molecule has 1 aromatic carbocycles. The first-order valence-corrected chi connectivity index (χ1v) is 12.8. The van der Waals surface area contributed by atoms with E-state index in [-0.39, 0.29) is 17.6 Å². The molecule has 1 amide bonds. The maximum absolute atomic E-state index is 13.3. The first kappa shape index (κ1) is 26.1. The molecule has 0 spiro atoms. The summed E-state index contributed by atoms with van der Waals surface area (Å²) in [4.78, 5) is 31.3. The number of halogens is 3. The Morgan fingerprint density at radius 1 is 1.16 bits per heavy atom. The van der Waals surface area contributed by atoms with E-state index < -0.39 is 17.7 Å². The number of carboxylic acids is 1. The van der Waals surface area contributed by atoms with Gasteiger partial charge < -0.3 is 19.3 Å². The number of aliphatic carboxylic acids is 1. The number of benzene rings is 1. The number of nitrogens with zero attached hydrogens (tertiary/aromatic N) is 3. The van der Waals surface area contributed by atoms with Gasteiger partial charge in [0.2, 0.25) is 5.91 Å². The van der Waals surface area contributed by atoms with Gasteiger partial charge in [-0.25, -0.2) is 4.98 Å². The molecular formula is C28H30F3N3O4. The lowest BCUT2D eigenvalue weighted by Gasteiger charge is -2.35. The van der Waals surface area contributed by atoms with E-state index in [0.717, 1.165) is 40.7 Å². The van der Waals surface area contributed by atoms with Gasteiger partial charge in [0, 0.05) is 36.8 Å². The number of hydrogen-bond donors (Lipinski definition) is 1. The van der Waals surface area contributed by atoms with Crippen molar-refractivity contribution < 1.29 is 32.6 Å². The maximum Gasteiger partial charge on any atom is 0.573 e. The van der Waals surface area contributed by atoms with Gasteiger partial charge in [-0.1, -0.05) is 12.1 Å². The van der Waals surface area contributed by atoms with Crippen molar-refractivity contribution in [2.75, 3.05) is 6.54 Å². The van der Waals surface area contributed by atoms with Crippen molar-refractivity contribution in [1.29, 1.82) is 0 Å². The number of carbonyl (C=O) groups is 2. The van der Waals surface area contributed by atoms with Crippen molar-refractivity contribution in [3.63, 3.8) is 0 Å². The highest BCUT2D eigenvalue weighted by Gasteiger charge is 2.38. The average molecular weight is 530 g/mol. The zero-order chi connectivity index (χ0) is 27.1. The lowest BCUT2D eigenvalue weighted by Crippen LogP contribution is -2.39. The van der Waals surface area contributed by atoms with Crippen LogP contribution in [0.2, 0.25) is 0 Å². The molecule has 10 heteroatoms. The molecule has 3 aromatic rings. The van der Waals surface area contributed by atoms with E-state index >= 15 is 0 Å². The highest BCUT2D eigenvalue weighted by atomic mass is 19.4. The molecule has 0 atom stereocenters. The van der Waals surface area contributed by atoms with E-state index in [2.05, 4.69) is 9.72 Å². The second-order valence-electron chi connectivity index (χ2n) is 10.7. The third-order valence-corrected chi connectivity index (χ3v) is 8.05. The lowest BCUT2D eigenvalue weighted by molar-refractivity contribution is -0.274. The summed E-state index contributed by atoms with van der Waals surface area (Å²) < 4.78 is 43.6. The Morgan fingerprint density at radius 3 is 2.53 bits per heavy atom. The van der Waals surface area contributed by atoms with Crippen LogP contribution in [0.25, 0.3) is 11.0 Å². The number of ether oxygens (including phenoxy) is 1. The predicted octanol–water partition coefficient (Wildman–Crippen LogP) is 5.54. The summed E-state index contributed by atoms with van der Waals surface area (Å²) >= 11 is 0. The zero-order valence-electron chi connectivity index (χ0n) is 21.1. The predicted molar refractivity (Wildman–Crippen MR) is 133 cm³/mol. The summed E-state index contributed by atoms with van der Waals surface area (Å²) in [6, 6.07) is 9.68. The normalized spacial score (nSPS) is 21.8. The van der Waals surface area contributed by atoms with Crippen LogP contribution < -0.4 is 4.74 Å². The lowest BCUT2D eigenvalue weighted by atomic mass is 9.71. The number of alkyl halides is 3. The molecule has 1 aliphatic heterocycles. The van der Waals surface area contributed by atoms with E-state index in [9.17, 15) is 27.9 Å². The Bertz CT molecular complexity index is 1340. The molecule has 1 N–H and O–H groups in total. The largest absolute Gasteiger partial charge is 0.573 e. The van der Waals surface area contributed by atoms with E-state index in [1.54, 1.807) is 25.3 Å². The Balaban J connectivity index is 1.33. The molecule has 1 saturated carbocycles. The molecule has 0 radical (unpaired) electrons. The number of carbonyl (C=O) groups excluding carboxylic acids is 1.